The molecular formula is C17H16N6O3. The van der Waals surface area contributed by atoms with Gasteiger partial charge in [-0.1, -0.05) is 6.07 Å². The summed E-state index contributed by atoms with van der Waals surface area (Å²) >= 11 is 0. The summed E-state index contributed by atoms with van der Waals surface area (Å²) in [5, 5.41) is 24.1. The second kappa shape index (κ2) is 7.16. The number of pyridine rings is 2. The van der Waals surface area contributed by atoms with Crippen molar-refractivity contribution in [2.45, 2.75) is 18.6 Å². The van der Waals surface area contributed by atoms with Gasteiger partial charge in [-0.25, -0.2) is 9.78 Å². The maximum absolute atomic E-state index is 12.2. The zero-order valence-corrected chi connectivity index (χ0v) is 13.7. The van der Waals surface area contributed by atoms with Crippen LogP contribution in [0.1, 0.15) is 12.1 Å². The third-order valence-corrected chi connectivity index (χ3v) is 3.93. The number of carbonyl (C=O) groups is 2. The molecule has 1 aliphatic rings. The number of aliphatic hydroxyl groups is 1. The van der Waals surface area contributed by atoms with Crippen LogP contribution >= 0.6 is 0 Å². The molecule has 1 atom stereocenters. The first-order chi connectivity index (χ1) is 12.5. The minimum absolute atomic E-state index is 0.0258. The topological polar surface area (TPSA) is 131 Å². The summed E-state index contributed by atoms with van der Waals surface area (Å²) in [6, 6.07) is 9.62. The van der Waals surface area contributed by atoms with E-state index >= 15 is 0 Å². The minimum atomic E-state index is -2.00. The van der Waals surface area contributed by atoms with E-state index in [1.54, 1.807) is 30.5 Å². The first-order valence-electron chi connectivity index (χ1n) is 7.88. The first kappa shape index (κ1) is 17.3. The summed E-state index contributed by atoms with van der Waals surface area (Å²) in [5.74, 6) is -0.446. The number of urea groups is 1. The fourth-order valence-electron chi connectivity index (χ4n) is 2.55. The number of amides is 3. The van der Waals surface area contributed by atoms with Crippen molar-refractivity contribution < 1.29 is 14.7 Å². The molecule has 0 aliphatic carbocycles. The molecule has 26 heavy (non-hydrogen) atoms. The van der Waals surface area contributed by atoms with E-state index in [0.29, 0.717) is 11.4 Å². The molecule has 0 unspecified atom stereocenters. The summed E-state index contributed by atoms with van der Waals surface area (Å²) in [5.41, 5.74) is -0.851. The Morgan fingerprint density at radius 2 is 2.19 bits per heavy atom. The monoisotopic (exact) mass is 352 g/mol. The molecule has 1 saturated heterocycles. The normalized spacial score (nSPS) is 19.1. The fraction of sp³-hybridized carbons (Fsp3) is 0.235. The molecular weight excluding hydrogens is 336 g/mol. The molecule has 3 N–H and O–H groups in total. The van der Waals surface area contributed by atoms with Crippen LogP contribution in [0.2, 0.25) is 0 Å². The summed E-state index contributed by atoms with van der Waals surface area (Å²) in [6.45, 7) is 0.463. The van der Waals surface area contributed by atoms with Crippen molar-refractivity contribution in [3.63, 3.8) is 0 Å². The highest BCUT2D eigenvalue weighted by Crippen LogP contribution is 2.28. The van der Waals surface area contributed by atoms with Crippen molar-refractivity contribution in [3.05, 3.63) is 48.4 Å². The average molecular weight is 352 g/mol. The van der Waals surface area contributed by atoms with Gasteiger partial charge in [0.25, 0.3) is 5.91 Å². The third kappa shape index (κ3) is 3.60. The number of anilines is 2. The zero-order valence-electron chi connectivity index (χ0n) is 13.7. The Balaban J connectivity index is 1.64. The van der Waals surface area contributed by atoms with Crippen molar-refractivity contribution in [2.75, 3.05) is 16.8 Å². The number of nitriles is 1. The molecule has 2 aromatic rings. The Morgan fingerprint density at radius 1 is 1.35 bits per heavy atom. The van der Waals surface area contributed by atoms with Crippen molar-refractivity contribution in [3.8, 4) is 6.07 Å². The summed E-state index contributed by atoms with van der Waals surface area (Å²) < 4.78 is 0. The summed E-state index contributed by atoms with van der Waals surface area (Å²) in [6.07, 6.45) is 3.09. The number of rotatable bonds is 4. The van der Waals surface area contributed by atoms with E-state index in [1.165, 1.54) is 17.2 Å². The van der Waals surface area contributed by atoms with Crippen LogP contribution in [0.15, 0.2) is 42.7 Å². The molecule has 0 spiro atoms. The molecule has 0 aromatic carbocycles. The second-order valence-corrected chi connectivity index (χ2v) is 5.71. The van der Waals surface area contributed by atoms with E-state index in [9.17, 15) is 14.7 Å². The van der Waals surface area contributed by atoms with Crippen LogP contribution < -0.4 is 15.5 Å². The molecule has 0 radical (unpaired) electrons. The molecule has 2 aromatic heterocycles. The van der Waals surface area contributed by atoms with Crippen LogP contribution in [-0.2, 0) is 11.3 Å². The Kier molecular flexibility index (Phi) is 4.77. The molecule has 9 nitrogen and oxygen atoms in total. The van der Waals surface area contributed by atoms with Gasteiger partial charge in [0.15, 0.2) is 0 Å². The highest BCUT2D eigenvalue weighted by atomic mass is 16.3. The molecule has 1 fully saturated rings. The molecule has 3 rings (SSSR count). The molecule has 0 bridgehead atoms. The zero-order chi connectivity index (χ0) is 18.6. The van der Waals surface area contributed by atoms with Crippen LogP contribution in [0.5, 0.6) is 0 Å². The van der Waals surface area contributed by atoms with Gasteiger partial charge in [0.2, 0.25) is 5.60 Å². The maximum Gasteiger partial charge on any atom is 0.320 e. The van der Waals surface area contributed by atoms with Gasteiger partial charge in [0, 0.05) is 37.1 Å². The second-order valence-electron chi connectivity index (χ2n) is 5.71. The van der Waals surface area contributed by atoms with Crippen molar-refractivity contribution >= 4 is 23.4 Å². The van der Waals surface area contributed by atoms with Crippen LogP contribution in [0, 0.1) is 11.3 Å². The third-order valence-electron chi connectivity index (χ3n) is 3.93. The predicted molar refractivity (Wildman–Crippen MR) is 91.9 cm³/mol. The lowest BCUT2D eigenvalue weighted by Gasteiger charge is -2.18. The highest BCUT2D eigenvalue weighted by molar-refractivity contribution is 6.04. The largest absolute Gasteiger partial charge is 0.368 e. The van der Waals surface area contributed by atoms with Gasteiger partial charge in [0.05, 0.1) is 12.2 Å². The number of hydrogen-bond acceptors (Lipinski definition) is 6. The van der Waals surface area contributed by atoms with Gasteiger partial charge >= 0.3 is 6.03 Å². The molecule has 9 heteroatoms. The Hall–Kier alpha value is -3.51. The van der Waals surface area contributed by atoms with Gasteiger partial charge in [-0.15, -0.1) is 0 Å². The number of carbonyl (C=O) groups excluding carboxylic acids is 2. The lowest BCUT2D eigenvalue weighted by atomic mass is 10.1. The van der Waals surface area contributed by atoms with Crippen molar-refractivity contribution in [1.82, 2.24) is 15.3 Å². The summed E-state index contributed by atoms with van der Waals surface area (Å²) in [4.78, 5) is 33.6. The molecule has 3 amide bonds. The quantitative estimate of drug-likeness (QED) is 0.697. The number of nitrogens with one attached hydrogen (secondary N) is 2. The average Bonchev–Trinajstić information content (AvgIpc) is 2.97. The Morgan fingerprint density at radius 3 is 2.88 bits per heavy atom. The van der Waals surface area contributed by atoms with Crippen molar-refractivity contribution in [1.29, 1.82) is 5.26 Å². The van der Waals surface area contributed by atoms with Gasteiger partial charge in [-0.05, 0) is 18.2 Å². The fourth-order valence-corrected chi connectivity index (χ4v) is 2.55. The predicted octanol–water partition coefficient (Wildman–Crippen LogP) is 0.790. The SMILES string of the molecule is N#C[C@@]1(O)CCN(c2ccnc(NC(=O)NCc3ccccn3)c2)C1=O. The van der Waals surface area contributed by atoms with Crippen LogP contribution in [0.3, 0.4) is 0 Å². The van der Waals surface area contributed by atoms with Crippen LogP contribution in [-0.4, -0.2) is 39.2 Å². The van der Waals surface area contributed by atoms with Crippen LogP contribution in [0.4, 0.5) is 16.3 Å². The molecule has 3 heterocycles. The van der Waals surface area contributed by atoms with Crippen molar-refractivity contribution in [2.24, 2.45) is 0 Å². The Labute approximate surface area is 149 Å². The minimum Gasteiger partial charge on any atom is -0.368 e. The van der Waals surface area contributed by atoms with Gasteiger partial charge in [-0.2, -0.15) is 5.26 Å². The smallest absolute Gasteiger partial charge is 0.320 e. The molecule has 0 saturated carbocycles. The van der Waals surface area contributed by atoms with E-state index in [1.807, 2.05) is 6.07 Å². The Bertz CT molecular complexity index is 866. The standard InChI is InChI=1S/C17H16N6O3/c18-11-17(26)5-8-23(15(17)24)13-4-7-20-14(9-13)22-16(25)21-10-12-3-1-2-6-19-12/h1-4,6-7,9,26H,5,8,10H2,(H2,20,21,22,25)/t17-/m0/s1. The first-order valence-corrected chi connectivity index (χ1v) is 7.88. The van der Waals surface area contributed by atoms with Crippen LogP contribution in [0.25, 0.3) is 0 Å². The lowest BCUT2D eigenvalue weighted by Crippen LogP contribution is -2.38. The van der Waals surface area contributed by atoms with E-state index < -0.39 is 17.5 Å². The molecule has 1 aliphatic heterocycles. The number of hydrogen-bond donors (Lipinski definition) is 3. The number of nitrogens with zero attached hydrogens (tertiary/aromatic N) is 4. The van der Waals surface area contributed by atoms with E-state index in [4.69, 9.17) is 5.26 Å². The van der Waals surface area contributed by atoms with Gasteiger partial charge < -0.3 is 15.3 Å². The maximum atomic E-state index is 12.2. The van der Waals surface area contributed by atoms with E-state index in [0.717, 1.165) is 0 Å². The van der Waals surface area contributed by atoms with Gasteiger partial charge in [-0.3, -0.25) is 15.1 Å². The molecule has 132 valence electrons. The lowest BCUT2D eigenvalue weighted by molar-refractivity contribution is -0.128. The van der Waals surface area contributed by atoms with Gasteiger partial charge in [0.1, 0.15) is 11.9 Å². The highest BCUT2D eigenvalue weighted by Gasteiger charge is 2.46. The van der Waals surface area contributed by atoms with E-state index in [2.05, 4.69) is 20.6 Å². The number of aromatic nitrogens is 2. The van der Waals surface area contributed by atoms with E-state index in [-0.39, 0.29) is 25.3 Å². The summed E-state index contributed by atoms with van der Waals surface area (Å²) in [7, 11) is 0.